The molecule has 0 aliphatic heterocycles. The Bertz CT molecular complexity index is 708. The smallest absolute Gasteiger partial charge is 0.408 e. The Balaban J connectivity index is 2.09. The van der Waals surface area contributed by atoms with Crippen molar-refractivity contribution in [2.45, 2.75) is 38.8 Å². The van der Waals surface area contributed by atoms with Crippen LogP contribution in [0.25, 0.3) is 10.6 Å². The minimum absolute atomic E-state index is 0.0772. The average molecular weight is 348 g/mol. The summed E-state index contributed by atoms with van der Waals surface area (Å²) in [5.74, 6) is -1.14. The summed E-state index contributed by atoms with van der Waals surface area (Å²) in [5.41, 5.74) is 0.679. The maximum Gasteiger partial charge on any atom is 0.408 e. The van der Waals surface area contributed by atoms with Gasteiger partial charge in [0.2, 0.25) is 0 Å². The van der Waals surface area contributed by atoms with E-state index in [4.69, 9.17) is 4.74 Å². The lowest BCUT2D eigenvalue weighted by molar-refractivity contribution is -0.139. The molecule has 1 unspecified atom stereocenters. The molecule has 0 radical (unpaired) electrons. The van der Waals surface area contributed by atoms with Crippen LogP contribution in [0.5, 0.6) is 0 Å². The van der Waals surface area contributed by atoms with Gasteiger partial charge in [-0.1, -0.05) is 12.1 Å². The SMILES string of the molecule is CC(C)(C)OC(=O)NC(Cc1cccc(-c2cccs2)n1)C(=O)O. The molecule has 7 heteroatoms. The highest BCUT2D eigenvalue weighted by molar-refractivity contribution is 7.13. The van der Waals surface area contributed by atoms with Crippen molar-refractivity contribution in [2.75, 3.05) is 0 Å². The second-order valence-corrected chi connectivity index (χ2v) is 7.18. The average Bonchev–Trinajstić information content (AvgIpc) is 2.99. The largest absolute Gasteiger partial charge is 0.480 e. The van der Waals surface area contributed by atoms with Crippen molar-refractivity contribution in [3.8, 4) is 10.6 Å². The first-order valence-electron chi connectivity index (χ1n) is 7.47. The van der Waals surface area contributed by atoms with Crippen LogP contribution in [0.15, 0.2) is 35.7 Å². The van der Waals surface area contributed by atoms with Gasteiger partial charge in [0, 0.05) is 12.1 Å². The van der Waals surface area contributed by atoms with Gasteiger partial charge in [0.1, 0.15) is 11.6 Å². The van der Waals surface area contributed by atoms with Gasteiger partial charge >= 0.3 is 12.1 Å². The van der Waals surface area contributed by atoms with Crippen LogP contribution in [0.3, 0.4) is 0 Å². The third-order valence-corrected chi connectivity index (χ3v) is 3.88. The van der Waals surface area contributed by atoms with Gasteiger partial charge < -0.3 is 15.2 Å². The minimum atomic E-state index is -1.14. The van der Waals surface area contributed by atoms with E-state index in [1.807, 2.05) is 29.6 Å². The third-order valence-electron chi connectivity index (χ3n) is 2.98. The third kappa shape index (κ3) is 5.34. The second kappa shape index (κ2) is 7.44. The molecule has 0 aliphatic carbocycles. The minimum Gasteiger partial charge on any atom is -0.480 e. The zero-order valence-electron chi connectivity index (χ0n) is 13.8. The number of carbonyl (C=O) groups is 2. The van der Waals surface area contributed by atoms with E-state index in [2.05, 4.69) is 10.3 Å². The van der Waals surface area contributed by atoms with Crippen molar-refractivity contribution in [3.05, 3.63) is 41.4 Å². The topological polar surface area (TPSA) is 88.5 Å². The zero-order chi connectivity index (χ0) is 17.7. The summed E-state index contributed by atoms with van der Waals surface area (Å²) in [4.78, 5) is 28.7. The second-order valence-electron chi connectivity index (χ2n) is 6.23. The van der Waals surface area contributed by atoms with Gasteiger partial charge in [-0.3, -0.25) is 4.98 Å². The fourth-order valence-electron chi connectivity index (χ4n) is 2.01. The van der Waals surface area contributed by atoms with Gasteiger partial charge in [-0.15, -0.1) is 11.3 Å². The van der Waals surface area contributed by atoms with Gasteiger partial charge in [0.25, 0.3) is 0 Å². The molecule has 2 N–H and O–H groups in total. The van der Waals surface area contributed by atoms with Gasteiger partial charge in [-0.2, -0.15) is 0 Å². The number of nitrogens with zero attached hydrogens (tertiary/aromatic N) is 1. The molecule has 0 aliphatic rings. The first kappa shape index (κ1) is 17.9. The molecule has 128 valence electrons. The van der Waals surface area contributed by atoms with E-state index < -0.39 is 23.7 Å². The normalized spacial score (nSPS) is 12.5. The quantitative estimate of drug-likeness (QED) is 0.865. The maximum absolute atomic E-state index is 11.8. The van der Waals surface area contributed by atoms with E-state index in [9.17, 15) is 14.7 Å². The van der Waals surface area contributed by atoms with E-state index in [0.29, 0.717) is 5.69 Å². The number of aliphatic carboxylic acids is 1. The number of amides is 1. The molecular formula is C17H20N2O4S. The van der Waals surface area contributed by atoms with Gasteiger partial charge in [-0.25, -0.2) is 9.59 Å². The monoisotopic (exact) mass is 348 g/mol. The fraction of sp³-hybridized carbons (Fsp3) is 0.353. The molecule has 1 atom stereocenters. The van der Waals surface area contributed by atoms with Gasteiger partial charge in [-0.05, 0) is 44.4 Å². The van der Waals surface area contributed by atoms with Crippen molar-refractivity contribution in [1.82, 2.24) is 10.3 Å². The van der Waals surface area contributed by atoms with Crippen LogP contribution in [-0.2, 0) is 16.0 Å². The number of hydrogen-bond acceptors (Lipinski definition) is 5. The number of carboxylic acid groups (broad SMARTS) is 1. The summed E-state index contributed by atoms with van der Waals surface area (Å²) in [6.45, 7) is 5.15. The van der Waals surface area contributed by atoms with E-state index in [0.717, 1.165) is 10.6 Å². The number of carbonyl (C=O) groups excluding carboxylic acids is 1. The molecular weight excluding hydrogens is 328 g/mol. The lowest BCUT2D eigenvalue weighted by Crippen LogP contribution is -2.44. The number of carboxylic acids is 1. The Morgan fingerprint density at radius 3 is 2.62 bits per heavy atom. The summed E-state index contributed by atoms with van der Waals surface area (Å²) < 4.78 is 5.11. The van der Waals surface area contributed by atoms with Gasteiger partial charge in [0.05, 0.1) is 10.6 Å². The molecule has 2 aromatic rings. The molecule has 6 nitrogen and oxygen atoms in total. The van der Waals surface area contributed by atoms with Crippen LogP contribution >= 0.6 is 11.3 Å². The summed E-state index contributed by atoms with van der Waals surface area (Å²) in [7, 11) is 0. The number of nitrogens with one attached hydrogen (secondary N) is 1. The first-order chi connectivity index (χ1) is 11.2. The Morgan fingerprint density at radius 2 is 2.04 bits per heavy atom. The number of thiophene rings is 1. The Labute approximate surface area is 144 Å². The highest BCUT2D eigenvalue weighted by Gasteiger charge is 2.24. The number of rotatable bonds is 5. The molecule has 0 saturated carbocycles. The molecule has 24 heavy (non-hydrogen) atoms. The predicted molar refractivity (Wildman–Crippen MR) is 92.0 cm³/mol. The lowest BCUT2D eigenvalue weighted by atomic mass is 10.1. The summed E-state index contributed by atoms with van der Waals surface area (Å²) >= 11 is 1.56. The van der Waals surface area contributed by atoms with Crippen LogP contribution in [0, 0.1) is 0 Å². The number of ether oxygens (including phenoxy) is 1. The highest BCUT2D eigenvalue weighted by atomic mass is 32.1. The van der Waals surface area contributed by atoms with E-state index >= 15 is 0 Å². The fourth-order valence-corrected chi connectivity index (χ4v) is 2.71. The summed E-state index contributed by atoms with van der Waals surface area (Å²) in [6, 6.07) is 8.20. The number of hydrogen-bond donors (Lipinski definition) is 2. The molecule has 2 heterocycles. The number of aromatic nitrogens is 1. The standard InChI is InChI=1S/C17H20N2O4S/c1-17(2,3)23-16(22)19-13(15(20)21)10-11-6-4-7-12(18-11)14-8-5-9-24-14/h4-9,13H,10H2,1-3H3,(H,19,22)(H,20,21). The predicted octanol–water partition coefficient (Wildman–Crippen LogP) is 3.33. The molecule has 1 amide bonds. The number of pyridine rings is 1. The van der Waals surface area contributed by atoms with Crippen molar-refractivity contribution in [1.29, 1.82) is 0 Å². The van der Waals surface area contributed by atoms with Crippen LogP contribution < -0.4 is 5.32 Å². The molecule has 2 rings (SSSR count). The van der Waals surface area contributed by atoms with Crippen molar-refractivity contribution in [3.63, 3.8) is 0 Å². The van der Waals surface area contributed by atoms with E-state index in [1.165, 1.54) is 0 Å². The molecule has 0 spiro atoms. The van der Waals surface area contributed by atoms with Crippen LogP contribution in [0.1, 0.15) is 26.5 Å². The van der Waals surface area contributed by atoms with Crippen LogP contribution in [-0.4, -0.2) is 33.8 Å². The highest BCUT2D eigenvalue weighted by Crippen LogP contribution is 2.22. The molecule has 0 fully saturated rings. The van der Waals surface area contributed by atoms with Crippen LogP contribution in [0.4, 0.5) is 4.79 Å². The number of alkyl carbamates (subject to hydrolysis) is 1. The van der Waals surface area contributed by atoms with E-state index in [-0.39, 0.29) is 6.42 Å². The Morgan fingerprint density at radius 1 is 1.29 bits per heavy atom. The first-order valence-corrected chi connectivity index (χ1v) is 8.35. The lowest BCUT2D eigenvalue weighted by Gasteiger charge is -2.22. The van der Waals surface area contributed by atoms with E-state index in [1.54, 1.807) is 38.2 Å². The molecule has 0 aromatic carbocycles. The van der Waals surface area contributed by atoms with Crippen molar-refractivity contribution >= 4 is 23.4 Å². The zero-order valence-corrected chi connectivity index (χ0v) is 14.6. The Hall–Kier alpha value is -2.41. The molecule has 0 saturated heterocycles. The Kier molecular flexibility index (Phi) is 5.56. The molecule has 2 aromatic heterocycles. The summed E-state index contributed by atoms with van der Waals surface area (Å²) in [5, 5.41) is 13.7. The van der Waals surface area contributed by atoms with Gasteiger partial charge in [0.15, 0.2) is 0 Å². The maximum atomic E-state index is 11.8. The van der Waals surface area contributed by atoms with Crippen LogP contribution in [0.2, 0.25) is 0 Å². The molecule has 0 bridgehead atoms. The summed E-state index contributed by atoms with van der Waals surface area (Å²) in [6.07, 6.45) is -0.683. The van der Waals surface area contributed by atoms with Crippen molar-refractivity contribution < 1.29 is 19.4 Å². The van der Waals surface area contributed by atoms with Crippen molar-refractivity contribution in [2.24, 2.45) is 0 Å².